The van der Waals surface area contributed by atoms with Gasteiger partial charge in [0, 0.05) is 0 Å². The maximum Gasteiger partial charge on any atom is 0.238 e. The Kier molecular flexibility index (Phi) is 3.04. The highest BCUT2D eigenvalue weighted by Gasteiger charge is 2.59. The lowest BCUT2D eigenvalue weighted by Crippen LogP contribution is -2.35. The molecule has 0 aromatic heterocycles. The van der Waals surface area contributed by atoms with Gasteiger partial charge in [-0.3, -0.25) is 9.59 Å². The van der Waals surface area contributed by atoms with E-state index in [2.05, 4.69) is 0 Å². The Balaban J connectivity index is 1.63. The van der Waals surface area contributed by atoms with E-state index in [9.17, 15) is 9.59 Å². The topological polar surface area (TPSA) is 37.4 Å². The number of nitrogens with zero attached hydrogens (tertiary/aromatic N) is 1. The van der Waals surface area contributed by atoms with Gasteiger partial charge in [0.2, 0.25) is 11.8 Å². The van der Waals surface area contributed by atoms with Crippen LogP contribution in [0.3, 0.4) is 0 Å². The third-order valence-corrected chi connectivity index (χ3v) is 6.85. The van der Waals surface area contributed by atoms with Crippen molar-refractivity contribution in [2.24, 2.45) is 23.7 Å². The third-order valence-electron chi connectivity index (χ3n) is 6.85. The minimum atomic E-state index is -0.0959. The maximum atomic E-state index is 13.3. The van der Waals surface area contributed by atoms with Gasteiger partial charge in [-0.05, 0) is 68.9 Å². The Hall–Kier alpha value is -1.90. The minimum absolute atomic E-state index is 0.0645. The first kappa shape index (κ1) is 14.4. The van der Waals surface area contributed by atoms with E-state index >= 15 is 0 Å². The Morgan fingerprint density at radius 3 is 1.96 bits per heavy atom. The first-order valence-electron chi connectivity index (χ1n) is 9.33. The van der Waals surface area contributed by atoms with E-state index in [0.29, 0.717) is 11.8 Å². The molecular weight excluding hydrogens is 298 g/mol. The van der Waals surface area contributed by atoms with Crippen LogP contribution in [0.4, 0.5) is 5.69 Å². The molecule has 1 heterocycles. The molecule has 1 aromatic carbocycles. The largest absolute Gasteiger partial charge is 0.274 e. The summed E-state index contributed by atoms with van der Waals surface area (Å²) in [6, 6.07) is 7.78. The van der Waals surface area contributed by atoms with E-state index in [1.807, 2.05) is 31.2 Å². The molecule has 2 saturated carbocycles. The lowest BCUT2D eigenvalue weighted by atomic mass is 9.66. The monoisotopic (exact) mass is 321 g/mol. The standard InChI is InChI=1S/C21H23NO2/c1-12-6-2-3-11-17(12)22-20(23)18-15-9-4-7-13(15)14-8-5-10-16(14)19(18)21(22)24/h2-3,6,11,15-16,18-19H,4-5,7-10H2,1H3. The van der Waals surface area contributed by atoms with E-state index < -0.39 is 0 Å². The average Bonchev–Trinajstić information content (AvgIpc) is 3.26. The molecule has 1 aliphatic heterocycles. The number of amides is 2. The van der Waals surface area contributed by atoms with Gasteiger partial charge in [-0.1, -0.05) is 29.3 Å². The molecule has 2 amide bonds. The number of hydrogen-bond acceptors (Lipinski definition) is 2. The average molecular weight is 321 g/mol. The van der Waals surface area contributed by atoms with Crippen LogP contribution in [0.5, 0.6) is 0 Å². The van der Waals surface area contributed by atoms with Crippen LogP contribution in [0.1, 0.15) is 44.1 Å². The van der Waals surface area contributed by atoms with Gasteiger partial charge in [0.1, 0.15) is 0 Å². The van der Waals surface area contributed by atoms with Gasteiger partial charge in [-0.15, -0.1) is 0 Å². The molecule has 1 aromatic rings. The molecule has 0 bridgehead atoms. The molecule has 3 heteroatoms. The molecule has 5 rings (SSSR count). The van der Waals surface area contributed by atoms with Gasteiger partial charge in [0.15, 0.2) is 0 Å². The summed E-state index contributed by atoms with van der Waals surface area (Å²) < 4.78 is 0. The second kappa shape index (κ2) is 5.05. The smallest absolute Gasteiger partial charge is 0.238 e. The van der Waals surface area contributed by atoms with Crippen molar-refractivity contribution in [2.75, 3.05) is 4.90 Å². The van der Waals surface area contributed by atoms with E-state index in [1.165, 1.54) is 17.7 Å². The Morgan fingerprint density at radius 2 is 1.42 bits per heavy atom. The van der Waals surface area contributed by atoms with Gasteiger partial charge >= 0.3 is 0 Å². The molecule has 1 saturated heterocycles. The number of fused-ring (bicyclic) bond motifs is 5. The Morgan fingerprint density at radius 1 is 0.875 bits per heavy atom. The lowest BCUT2D eigenvalue weighted by molar-refractivity contribution is -0.122. The molecule has 0 radical (unpaired) electrons. The predicted molar refractivity (Wildman–Crippen MR) is 92.4 cm³/mol. The van der Waals surface area contributed by atoms with Gasteiger partial charge in [-0.25, -0.2) is 4.90 Å². The van der Waals surface area contributed by atoms with Crippen LogP contribution in [0.2, 0.25) is 0 Å². The number of carbonyl (C=O) groups excluding carboxylic acids is 2. The molecule has 0 N–H and O–H groups in total. The van der Waals surface area contributed by atoms with Crippen LogP contribution >= 0.6 is 0 Å². The summed E-state index contributed by atoms with van der Waals surface area (Å²) in [6.07, 6.45) is 6.87. The van der Waals surface area contributed by atoms with Crippen molar-refractivity contribution in [3.63, 3.8) is 0 Å². The van der Waals surface area contributed by atoms with Crippen molar-refractivity contribution in [3.8, 4) is 0 Å². The summed E-state index contributed by atoms with van der Waals surface area (Å²) >= 11 is 0. The fourth-order valence-corrected chi connectivity index (χ4v) is 5.94. The maximum absolute atomic E-state index is 13.3. The van der Waals surface area contributed by atoms with Crippen LogP contribution < -0.4 is 4.90 Å². The Labute approximate surface area is 142 Å². The summed E-state index contributed by atoms with van der Waals surface area (Å²) in [5.41, 5.74) is 4.92. The van der Waals surface area contributed by atoms with E-state index in [4.69, 9.17) is 0 Å². The first-order valence-corrected chi connectivity index (χ1v) is 9.33. The number of imide groups is 1. The highest BCUT2D eigenvalue weighted by molar-refractivity contribution is 6.23. The van der Waals surface area contributed by atoms with E-state index in [1.54, 1.807) is 11.1 Å². The minimum Gasteiger partial charge on any atom is -0.274 e. The summed E-state index contributed by atoms with van der Waals surface area (Å²) in [4.78, 5) is 28.2. The summed E-state index contributed by atoms with van der Waals surface area (Å²) in [5.74, 6) is 0.613. The SMILES string of the molecule is Cc1ccccc1N1C(=O)C2C3CCCC3=C3CCCC3C2C1=O. The number of allylic oxidation sites excluding steroid dienone is 2. The Bertz CT molecular complexity index is 736. The predicted octanol–water partition coefficient (Wildman–Crippen LogP) is 4.01. The molecule has 4 unspecified atom stereocenters. The van der Waals surface area contributed by atoms with Crippen LogP contribution in [0, 0.1) is 30.6 Å². The third kappa shape index (κ3) is 1.73. The number of benzene rings is 1. The number of carbonyl (C=O) groups is 2. The number of para-hydroxylation sites is 1. The van der Waals surface area contributed by atoms with Crippen LogP contribution in [0.25, 0.3) is 0 Å². The van der Waals surface area contributed by atoms with Gasteiger partial charge in [0.25, 0.3) is 0 Å². The number of aryl methyl sites for hydroxylation is 1. The molecule has 3 nitrogen and oxygen atoms in total. The summed E-state index contributed by atoms with van der Waals surface area (Å²) in [5, 5.41) is 0. The second-order valence-electron chi connectivity index (χ2n) is 7.90. The molecular formula is C21H23NO2. The number of rotatable bonds is 1. The number of anilines is 1. The summed E-state index contributed by atoms with van der Waals surface area (Å²) in [7, 11) is 0. The molecule has 3 aliphatic carbocycles. The van der Waals surface area contributed by atoms with Crippen molar-refractivity contribution >= 4 is 17.5 Å². The fourth-order valence-electron chi connectivity index (χ4n) is 5.94. The molecule has 4 atom stereocenters. The number of hydrogen-bond donors (Lipinski definition) is 0. The lowest BCUT2D eigenvalue weighted by Gasteiger charge is -2.34. The molecule has 24 heavy (non-hydrogen) atoms. The quantitative estimate of drug-likeness (QED) is 0.579. The normalized spacial score (nSPS) is 34.6. The van der Waals surface area contributed by atoms with Gasteiger partial charge in [-0.2, -0.15) is 0 Å². The zero-order valence-electron chi connectivity index (χ0n) is 14.1. The van der Waals surface area contributed by atoms with Crippen molar-refractivity contribution in [1.82, 2.24) is 0 Å². The van der Waals surface area contributed by atoms with Crippen LogP contribution in [-0.4, -0.2) is 11.8 Å². The van der Waals surface area contributed by atoms with Crippen molar-refractivity contribution in [2.45, 2.75) is 45.4 Å². The van der Waals surface area contributed by atoms with Gasteiger partial charge < -0.3 is 0 Å². The molecule has 0 spiro atoms. The fraction of sp³-hybridized carbons (Fsp3) is 0.524. The highest BCUT2D eigenvalue weighted by atomic mass is 16.2. The first-order chi connectivity index (χ1) is 11.7. The van der Waals surface area contributed by atoms with Crippen LogP contribution in [-0.2, 0) is 9.59 Å². The van der Waals surface area contributed by atoms with E-state index in [0.717, 1.165) is 36.9 Å². The molecule has 3 fully saturated rings. The van der Waals surface area contributed by atoms with Crippen molar-refractivity contribution in [1.29, 1.82) is 0 Å². The van der Waals surface area contributed by atoms with E-state index in [-0.39, 0.29) is 23.7 Å². The molecule has 124 valence electrons. The van der Waals surface area contributed by atoms with Crippen molar-refractivity contribution < 1.29 is 9.59 Å². The molecule has 4 aliphatic rings. The zero-order valence-corrected chi connectivity index (χ0v) is 14.1. The zero-order chi connectivity index (χ0) is 16.4. The highest BCUT2D eigenvalue weighted by Crippen LogP contribution is 2.58. The van der Waals surface area contributed by atoms with Crippen molar-refractivity contribution in [3.05, 3.63) is 41.0 Å². The second-order valence-corrected chi connectivity index (χ2v) is 7.90. The van der Waals surface area contributed by atoms with Gasteiger partial charge in [0.05, 0.1) is 17.5 Å². The summed E-state index contributed by atoms with van der Waals surface area (Å²) in [6.45, 7) is 1.98. The van der Waals surface area contributed by atoms with Crippen LogP contribution in [0.15, 0.2) is 35.4 Å².